The van der Waals surface area contributed by atoms with Crippen molar-refractivity contribution >= 4 is 5.69 Å². The number of nitro groups is 1. The minimum atomic E-state index is -1.38. The molecule has 1 rings (SSSR count). The molecule has 0 aliphatic heterocycles. The first kappa shape index (κ1) is 11.5. The summed E-state index contributed by atoms with van der Waals surface area (Å²) in [4.78, 5) is 9.51. The van der Waals surface area contributed by atoms with E-state index in [1.54, 1.807) is 0 Å². The summed E-state index contributed by atoms with van der Waals surface area (Å²) in [7, 11) is 0. The Balaban J connectivity index is 3.18. The van der Waals surface area contributed by atoms with Crippen molar-refractivity contribution in [2.75, 3.05) is 6.54 Å². The molecule has 0 amide bonds. The molecule has 1 aromatic carbocycles. The lowest BCUT2D eigenvalue weighted by Crippen LogP contribution is -2.31. The van der Waals surface area contributed by atoms with E-state index in [0.29, 0.717) is 0 Å². The van der Waals surface area contributed by atoms with Crippen LogP contribution in [0.3, 0.4) is 0 Å². The number of nitrogens with two attached hydrogens (primary N) is 1. The molecule has 0 radical (unpaired) electrons. The molecule has 0 saturated carbocycles. The van der Waals surface area contributed by atoms with Crippen LogP contribution in [0.4, 0.5) is 10.1 Å². The molecule has 6 heteroatoms. The molecule has 0 fully saturated rings. The summed E-state index contributed by atoms with van der Waals surface area (Å²) in [6.07, 6.45) is 0. The van der Waals surface area contributed by atoms with Gasteiger partial charge in [-0.3, -0.25) is 10.1 Å². The first-order valence-corrected chi connectivity index (χ1v) is 4.25. The maximum absolute atomic E-state index is 13.2. The Morgan fingerprint density at radius 2 is 2.27 bits per heavy atom. The lowest BCUT2D eigenvalue weighted by Gasteiger charge is -2.21. The van der Waals surface area contributed by atoms with Gasteiger partial charge in [-0.05, 0) is 24.6 Å². The molecule has 1 aromatic rings. The van der Waals surface area contributed by atoms with Crippen LogP contribution in [0.25, 0.3) is 0 Å². The van der Waals surface area contributed by atoms with Gasteiger partial charge in [0, 0.05) is 12.6 Å². The minimum absolute atomic E-state index is 0.0930. The van der Waals surface area contributed by atoms with Crippen molar-refractivity contribution in [1.82, 2.24) is 0 Å². The summed E-state index contributed by atoms with van der Waals surface area (Å²) in [6, 6.07) is 3.22. The van der Waals surface area contributed by atoms with Gasteiger partial charge in [-0.15, -0.1) is 0 Å². The predicted octanol–water partition coefficient (Wildman–Crippen LogP) is 0.900. The summed E-state index contributed by atoms with van der Waals surface area (Å²) < 4.78 is 13.2. The molecule has 0 saturated heterocycles. The van der Waals surface area contributed by atoms with E-state index in [4.69, 9.17) is 5.73 Å². The highest BCUT2D eigenvalue weighted by Crippen LogP contribution is 2.24. The first-order valence-electron chi connectivity index (χ1n) is 4.25. The first-order chi connectivity index (χ1) is 6.88. The van der Waals surface area contributed by atoms with Gasteiger partial charge in [-0.25, -0.2) is 0 Å². The van der Waals surface area contributed by atoms with Gasteiger partial charge in [-0.1, -0.05) is 0 Å². The average molecular weight is 214 g/mol. The Hall–Kier alpha value is -1.53. The summed E-state index contributed by atoms with van der Waals surface area (Å²) in [6.45, 7) is 1.32. The van der Waals surface area contributed by atoms with Crippen LogP contribution >= 0.6 is 0 Å². The Morgan fingerprint density at radius 1 is 1.67 bits per heavy atom. The second kappa shape index (κ2) is 3.92. The zero-order chi connectivity index (χ0) is 11.6. The van der Waals surface area contributed by atoms with Gasteiger partial charge < -0.3 is 10.8 Å². The zero-order valence-electron chi connectivity index (χ0n) is 8.11. The van der Waals surface area contributed by atoms with E-state index in [2.05, 4.69) is 0 Å². The van der Waals surface area contributed by atoms with Gasteiger partial charge in [0.1, 0.15) is 0 Å². The number of hydrogen-bond donors (Lipinski definition) is 2. The van der Waals surface area contributed by atoms with E-state index >= 15 is 0 Å². The second-order valence-corrected chi connectivity index (χ2v) is 3.40. The highest BCUT2D eigenvalue weighted by molar-refractivity contribution is 5.37. The van der Waals surface area contributed by atoms with Crippen LogP contribution < -0.4 is 5.73 Å². The Bertz CT molecular complexity index is 393. The quantitative estimate of drug-likeness (QED) is 0.577. The van der Waals surface area contributed by atoms with Gasteiger partial charge in [-0.2, -0.15) is 4.39 Å². The van der Waals surface area contributed by atoms with Crippen LogP contribution in [0.15, 0.2) is 18.2 Å². The standard InChI is InChI=1S/C9H11FN2O3/c1-9(13,5-11)6-2-3-8(12(14)15)7(10)4-6/h2-4,13H,5,11H2,1H3. The summed E-state index contributed by atoms with van der Waals surface area (Å²) in [5, 5.41) is 20.0. The topological polar surface area (TPSA) is 89.4 Å². The number of nitro benzene ring substituents is 1. The van der Waals surface area contributed by atoms with Crippen molar-refractivity contribution < 1.29 is 14.4 Å². The highest BCUT2D eigenvalue weighted by Gasteiger charge is 2.24. The van der Waals surface area contributed by atoms with Crippen LogP contribution in [0.5, 0.6) is 0 Å². The molecular formula is C9H11FN2O3. The van der Waals surface area contributed by atoms with Crippen LogP contribution in [0, 0.1) is 15.9 Å². The van der Waals surface area contributed by atoms with Crippen LogP contribution in [-0.2, 0) is 5.60 Å². The number of hydrogen-bond acceptors (Lipinski definition) is 4. The molecule has 82 valence electrons. The van der Waals surface area contributed by atoms with E-state index < -0.39 is 22.0 Å². The van der Waals surface area contributed by atoms with Gasteiger partial charge in [0.05, 0.1) is 10.5 Å². The molecule has 3 N–H and O–H groups in total. The smallest absolute Gasteiger partial charge is 0.304 e. The lowest BCUT2D eigenvalue weighted by molar-refractivity contribution is -0.387. The third-order valence-corrected chi connectivity index (χ3v) is 2.16. The molecule has 1 unspecified atom stereocenters. The molecule has 0 heterocycles. The molecule has 0 aliphatic carbocycles. The Labute approximate surface area is 85.5 Å². The third kappa shape index (κ3) is 2.28. The van der Waals surface area contributed by atoms with Gasteiger partial charge >= 0.3 is 5.69 Å². The minimum Gasteiger partial charge on any atom is -0.384 e. The van der Waals surface area contributed by atoms with Crippen molar-refractivity contribution in [2.45, 2.75) is 12.5 Å². The van der Waals surface area contributed by atoms with E-state index in [9.17, 15) is 19.6 Å². The van der Waals surface area contributed by atoms with Crippen molar-refractivity contribution in [3.8, 4) is 0 Å². The summed E-state index contributed by atoms with van der Waals surface area (Å²) >= 11 is 0. The largest absolute Gasteiger partial charge is 0.384 e. The summed E-state index contributed by atoms with van der Waals surface area (Å²) in [5.74, 6) is -0.980. The van der Waals surface area contributed by atoms with Crippen LogP contribution in [0.2, 0.25) is 0 Å². The number of halogens is 1. The fourth-order valence-corrected chi connectivity index (χ4v) is 1.11. The molecule has 5 nitrogen and oxygen atoms in total. The van der Waals surface area contributed by atoms with Crippen molar-refractivity contribution in [2.24, 2.45) is 5.73 Å². The number of nitrogens with zero attached hydrogens (tertiary/aromatic N) is 1. The zero-order valence-corrected chi connectivity index (χ0v) is 8.11. The maximum Gasteiger partial charge on any atom is 0.304 e. The lowest BCUT2D eigenvalue weighted by atomic mass is 9.96. The number of aliphatic hydroxyl groups is 1. The highest BCUT2D eigenvalue weighted by atomic mass is 19.1. The maximum atomic E-state index is 13.2. The fraction of sp³-hybridized carbons (Fsp3) is 0.333. The monoisotopic (exact) mass is 214 g/mol. The molecule has 0 bridgehead atoms. The normalized spacial score (nSPS) is 14.7. The molecule has 1 atom stereocenters. The van der Waals surface area contributed by atoms with Crippen LogP contribution in [0.1, 0.15) is 12.5 Å². The molecule has 0 aliphatic rings. The second-order valence-electron chi connectivity index (χ2n) is 3.40. The van der Waals surface area contributed by atoms with Gasteiger partial charge in [0.2, 0.25) is 5.82 Å². The van der Waals surface area contributed by atoms with Gasteiger partial charge in [0.15, 0.2) is 0 Å². The molecule has 0 aromatic heterocycles. The van der Waals surface area contributed by atoms with Crippen molar-refractivity contribution in [1.29, 1.82) is 0 Å². The molecular weight excluding hydrogens is 203 g/mol. The van der Waals surface area contributed by atoms with Crippen LogP contribution in [-0.4, -0.2) is 16.6 Å². The van der Waals surface area contributed by atoms with Gasteiger partial charge in [0.25, 0.3) is 0 Å². The van der Waals surface area contributed by atoms with E-state index in [0.717, 1.165) is 12.1 Å². The van der Waals surface area contributed by atoms with Crippen molar-refractivity contribution in [3.05, 3.63) is 39.7 Å². The predicted molar refractivity (Wildman–Crippen MR) is 51.7 cm³/mol. The van der Waals surface area contributed by atoms with E-state index in [1.165, 1.54) is 13.0 Å². The third-order valence-electron chi connectivity index (χ3n) is 2.16. The Morgan fingerprint density at radius 3 is 2.67 bits per heavy atom. The molecule has 15 heavy (non-hydrogen) atoms. The fourth-order valence-electron chi connectivity index (χ4n) is 1.11. The Kier molecular flexibility index (Phi) is 3.01. The number of benzene rings is 1. The average Bonchev–Trinajstić information content (AvgIpc) is 2.17. The van der Waals surface area contributed by atoms with E-state index in [1.807, 2.05) is 0 Å². The molecule has 0 spiro atoms. The van der Waals surface area contributed by atoms with E-state index in [-0.39, 0.29) is 12.1 Å². The summed E-state index contributed by atoms with van der Waals surface area (Å²) in [5.41, 5.74) is 3.50. The SMILES string of the molecule is CC(O)(CN)c1ccc([N+](=O)[O-])c(F)c1. The number of rotatable bonds is 3. The van der Waals surface area contributed by atoms with Crippen molar-refractivity contribution in [3.63, 3.8) is 0 Å².